The minimum atomic E-state index is -1.25. The zero-order chi connectivity index (χ0) is 23.6. The van der Waals surface area contributed by atoms with Gasteiger partial charge in [0.1, 0.15) is 17.1 Å². The van der Waals surface area contributed by atoms with Gasteiger partial charge in [-0.15, -0.1) is 0 Å². The predicted octanol–water partition coefficient (Wildman–Crippen LogP) is 4.82. The van der Waals surface area contributed by atoms with Crippen LogP contribution in [0.4, 0.5) is 9.52 Å². The monoisotopic (exact) mass is 474 g/mol. The minimum absolute atomic E-state index is 0.113. The molecule has 0 amide bonds. The number of furan rings is 1. The first-order valence-electron chi connectivity index (χ1n) is 10.2. The number of hydrogen-bond donors (Lipinski definition) is 3. The fourth-order valence-corrected chi connectivity index (χ4v) is 5.24. The van der Waals surface area contributed by atoms with Crippen LogP contribution in [0, 0.1) is 5.82 Å². The van der Waals surface area contributed by atoms with Crippen LogP contribution >= 0.6 is 11.3 Å². The molecule has 0 radical (unpaired) electrons. The van der Waals surface area contributed by atoms with Gasteiger partial charge in [0, 0.05) is 18.3 Å². The maximum atomic E-state index is 15.0. The lowest BCUT2D eigenvalue weighted by Crippen LogP contribution is -2.13. The van der Waals surface area contributed by atoms with Crippen molar-refractivity contribution in [2.45, 2.75) is 6.54 Å². The highest BCUT2D eigenvalue weighted by Crippen LogP contribution is 2.40. The van der Waals surface area contributed by atoms with Gasteiger partial charge in [-0.05, 0) is 42.0 Å². The van der Waals surface area contributed by atoms with Crippen LogP contribution in [0.25, 0.3) is 43.2 Å². The molecule has 168 valence electrons. The Bertz CT molecular complexity index is 1830. The van der Waals surface area contributed by atoms with Gasteiger partial charge in [-0.25, -0.2) is 14.2 Å². The van der Waals surface area contributed by atoms with Gasteiger partial charge in [-0.1, -0.05) is 17.4 Å². The van der Waals surface area contributed by atoms with Gasteiger partial charge in [-0.3, -0.25) is 4.79 Å². The number of thiazole rings is 1. The third kappa shape index (κ3) is 2.92. The van der Waals surface area contributed by atoms with Gasteiger partial charge in [0.05, 0.1) is 38.3 Å². The summed E-state index contributed by atoms with van der Waals surface area (Å²) in [6.07, 6.45) is 2.80. The van der Waals surface area contributed by atoms with E-state index in [2.05, 4.69) is 9.97 Å². The van der Waals surface area contributed by atoms with E-state index in [1.165, 1.54) is 46.6 Å². The fourth-order valence-electron chi connectivity index (χ4n) is 4.44. The molecule has 6 aromatic rings. The summed E-state index contributed by atoms with van der Waals surface area (Å²) in [5, 5.41) is 11.3. The highest BCUT2D eigenvalue weighted by Gasteiger charge is 2.28. The molecular weight excluding hydrogens is 459 g/mol. The Balaban J connectivity index is 1.71. The predicted molar refractivity (Wildman–Crippen MR) is 128 cm³/mol. The highest BCUT2D eigenvalue weighted by molar-refractivity contribution is 7.22. The molecule has 0 saturated carbocycles. The molecule has 0 aliphatic heterocycles. The van der Waals surface area contributed by atoms with E-state index in [4.69, 9.17) is 10.2 Å². The van der Waals surface area contributed by atoms with Crippen molar-refractivity contribution < 1.29 is 18.7 Å². The van der Waals surface area contributed by atoms with E-state index in [-0.39, 0.29) is 34.3 Å². The number of aromatic amines is 1. The Morgan fingerprint density at radius 1 is 1.26 bits per heavy atom. The van der Waals surface area contributed by atoms with Gasteiger partial charge >= 0.3 is 5.97 Å². The number of carbonyl (C=O) groups is 1. The quantitative estimate of drug-likeness (QED) is 0.336. The zero-order valence-electron chi connectivity index (χ0n) is 17.3. The van der Waals surface area contributed by atoms with Crippen molar-refractivity contribution in [3.8, 4) is 11.1 Å². The maximum absolute atomic E-state index is 15.0. The lowest BCUT2D eigenvalue weighted by molar-refractivity contribution is 0.0687. The normalized spacial score (nSPS) is 11.7. The maximum Gasteiger partial charge on any atom is 0.353 e. The summed E-state index contributed by atoms with van der Waals surface area (Å²) in [6.45, 7) is 0.113. The van der Waals surface area contributed by atoms with Crippen molar-refractivity contribution in [1.29, 1.82) is 0 Å². The summed E-state index contributed by atoms with van der Waals surface area (Å²) >= 11 is 1.32. The number of nitrogens with one attached hydrogen (secondary N) is 1. The van der Waals surface area contributed by atoms with Gasteiger partial charge in [-0.2, -0.15) is 0 Å². The molecule has 0 aliphatic rings. The molecule has 0 saturated heterocycles. The Labute approximate surface area is 193 Å². The van der Waals surface area contributed by atoms with Crippen molar-refractivity contribution in [2.75, 3.05) is 5.73 Å². The molecule has 2 aromatic carbocycles. The van der Waals surface area contributed by atoms with E-state index in [0.717, 1.165) is 15.8 Å². The number of benzene rings is 2. The van der Waals surface area contributed by atoms with Crippen LogP contribution in [-0.4, -0.2) is 25.6 Å². The summed E-state index contributed by atoms with van der Waals surface area (Å²) in [5.74, 6) is -1.80. The van der Waals surface area contributed by atoms with Crippen molar-refractivity contribution in [2.24, 2.45) is 0 Å². The first kappa shape index (κ1) is 20.2. The number of anilines is 1. The average molecular weight is 474 g/mol. The summed E-state index contributed by atoms with van der Waals surface area (Å²) in [4.78, 5) is 32.1. The second-order valence-corrected chi connectivity index (χ2v) is 8.86. The van der Waals surface area contributed by atoms with E-state index in [0.29, 0.717) is 16.0 Å². The van der Waals surface area contributed by atoms with Crippen molar-refractivity contribution in [3.05, 3.63) is 82.4 Å². The molecule has 4 heterocycles. The Kier molecular flexibility index (Phi) is 4.33. The Morgan fingerprint density at radius 3 is 2.91 bits per heavy atom. The van der Waals surface area contributed by atoms with E-state index >= 15 is 0 Å². The van der Waals surface area contributed by atoms with Crippen LogP contribution in [0.1, 0.15) is 16.1 Å². The molecule has 0 spiro atoms. The van der Waals surface area contributed by atoms with Crippen LogP contribution in [0.2, 0.25) is 0 Å². The molecule has 4 N–H and O–H groups in total. The fraction of sp³-hybridized carbons (Fsp3) is 0.0417. The number of H-pyrrole nitrogens is 1. The molecular formula is C24H15FN4O4S. The highest BCUT2D eigenvalue weighted by atomic mass is 32.1. The van der Waals surface area contributed by atoms with Crippen molar-refractivity contribution in [3.63, 3.8) is 0 Å². The number of carboxylic acid groups (broad SMARTS) is 1. The smallest absolute Gasteiger partial charge is 0.353 e. The minimum Gasteiger partial charge on any atom is -0.477 e. The molecule has 6 rings (SSSR count). The number of aromatic carboxylic acids is 1. The van der Waals surface area contributed by atoms with Crippen LogP contribution in [0.3, 0.4) is 0 Å². The summed E-state index contributed by atoms with van der Waals surface area (Å²) < 4.78 is 22.9. The Hall–Kier alpha value is -4.44. The molecule has 0 bridgehead atoms. The van der Waals surface area contributed by atoms with Gasteiger partial charge in [0.2, 0.25) is 0 Å². The number of hydrogen-bond acceptors (Lipinski definition) is 6. The van der Waals surface area contributed by atoms with E-state index in [1.807, 2.05) is 12.1 Å². The van der Waals surface area contributed by atoms with E-state index in [9.17, 15) is 19.1 Å². The van der Waals surface area contributed by atoms with Gasteiger partial charge < -0.3 is 24.8 Å². The summed E-state index contributed by atoms with van der Waals surface area (Å²) in [6, 6.07) is 11.4. The molecule has 0 atom stereocenters. The Morgan fingerprint density at radius 2 is 2.12 bits per heavy atom. The number of fused-ring (bicyclic) bond motifs is 4. The van der Waals surface area contributed by atoms with Gasteiger partial charge in [0.25, 0.3) is 5.56 Å². The van der Waals surface area contributed by atoms with Crippen LogP contribution in [0.5, 0.6) is 0 Å². The number of aromatic nitrogens is 3. The third-order valence-corrected chi connectivity index (χ3v) is 6.66. The van der Waals surface area contributed by atoms with Crippen LogP contribution < -0.4 is 11.3 Å². The topological polar surface area (TPSA) is 127 Å². The number of rotatable bonds is 4. The summed E-state index contributed by atoms with van der Waals surface area (Å²) in [7, 11) is 0. The van der Waals surface area contributed by atoms with Crippen LogP contribution in [0.15, 0.2) is 64.1 Å². The second-order valence-electron chi connectivity index (χ2n) is 7.80. The molecule has 0 unspecified atom stereocenters. The molecule has 0 aliphatic carbocycles. The molecule has 0 fully saturated rings. The SMILES string of the molecule is Nc1nc2ccc(Cn3c(C(=O)O)c(-c4ccc[nH]c4=O)c4c5occc5c(F)cc43)cc2s1. The van der Waals surface area contributed by atoms with Crippen LogP contribution in [-0.2, 0) is 6.54 Å². The molecule has 4 aromatic heterocycles. The summed E-state index contributed by atoms with van der Waals surface area (Å²) in [5.41, 5.74) is 7.53. The standard InChI is InChI=1S/C24H15FN4O4S/c25-14-9-16-19(21-12(14)5-7-33-21)18(13-2-1-6-27-22(13)30)20(23(31)32)29(16)10-11-3-4-15-17(8-11)34-24(26)28-15/h1-9H,10H2,(H2,26,28)(H,27,30)(H,31,32). The largest absolute Gasteiger partial charge is 0.477 e. The average Bonchev–Trinajstić information content (AvgIpc) is 3.49. The lowest BCUT2D eigenvalue weighted by Gasteiger charge is -2.10. The molecule has 10 heteroatoms. The van der Waals surface area contributed by atoms with Gasteiger partial charge in [0.15, 0.2) is 5.13 Å². The van der Waals surface area contributed by atoms with E-state index < -0.39 is 17.3 Å². The number of carboxylic acids is 1. The first-order chi connectivity index (χ1) is 16.4. The second kappa shape index (κ2) is 7.29. The lowest BCUT2D eigenvalue weighted by atomic mass is 10.0. The number of nitrogens with zero attached hydrogens (tertiary/aromatic N) is 2. The third-order valence-electron chi connectivity index (χ3n) is 5.82. The zero-order valence-corrected chi connectivity index (χ0v) is 18.1. The number of pyridine rings is 1. The van der Waals surface area contributed by atoms with Crippen molar-refractivity contribution in [1.82, 2.24) is 14.5 Å². The molecule has 8 nitrogen and oxygen atoms in total. The number of nitrogens with two attached hydrogens (primary N) is 1. The number of halogens is 1. The first-order valence-corrected chi connectivity index (χ1v) is 11.0. The van der Waals surface area contributed by atoms with E-state index in [1.54, 1.807) is 12.1 Å². The molecule has 34 heavy (non-hydrogen) atoms. The van der Waals surface area contributed by atoms with Crippen molar-refractivity contribution >= 4 is 54.5 Å². The number of nitrogen functional groups attached to an aromatic ring is 1.